The summed E-state index contributed by atoms with van der Waals surface area (Å²) in [7, 11) is 1.72. The van der Waals surface area contributed by atoms with Gasteiger partial charge in [-0.05, 0) is 134 Å². The van der Waals surface area contributed by atoms with E-state index < -0.39 is 0 Å². The van der Waals surface area contributed by atoms with Gasteiger partial charge in [-0.2, -0.15) is 0 Å². The van der Waals surface area contributed by atoms with E-state index in [0.717, 1.165) is 30.2 Å². The molecule has 0 fully saturated rings. The predicted molar refractivity (Wildman–Crippen MR) is 114 cm³/mol. The Labute approximate surface area is 172 Å². The van der Waals surface area contributed by atoms with E-state index in [4.69, 9.17) is 4.74 Å². The van der Waals surface area contributed by atoms with E-state index >= 15 is 0 Å². The zero-order valence-corrected chi connectivity index (χ0v) is 18.6. The molecule has 1 aliphatic carbocycles. The van der Waals surface area contributed by atoms with Crippen LogP contribution < -0.4 is 4.74 Å². The number of fused-ring (bicyclic) bond motifs is 1. The normalized spacial score (nSPS) is 17.0. The van der Waals surface area contributed by atoms with Crippen LogP contribution in [0.1, 0.15) is 35.4 Å². The molecule has 2 aromatic rings. The standard InChI is InChI=1S/C18H17BrI2O2/c1-23-18-15(20)6-10(7-16(18)21)5-11-3-2-4-12-8-17(22)14(19)9-13(11)12/h6-9,11,22H,2-5H2,1H3. The third-order valence-corrected chi connectivity index (χ3v) is 6.63. The molecule has 122 valence electrons. The molecular formula is C18H17BrI2O2. The molecule has 2 nitrogen and oxygen atoms in total. The molecule has 0 aromatic heterocycles. The van der Waals surface area contributed by atoms with Gasteiger partial charge in [0.15, 0.2) is 0 Å². The molecule has 0 spiro atoms. The maximum absolute atomic E-state index is 9.92. The summed E-state index contributed by atoms with van der Waals surface area (Å²) in [6.45, 7) is 0. The average Bonchev–Trinajstić information content (AvgIpc) is 2.49. The van der Waals surface area contributed by atoms with Gasteiger partial charge in [0.1, 0.15) is 11.5 Å². The SMILES string of the molecule is COc1c(I)cc(CC2CCCc3cc(O)c(Br)cc32)cc1I. The van der Waals surface area contributed by atoms with Crippen LogP contribution in [0.4, 0.5) is 0 Å². The van der Waals surface area contributed by atoms with Crippen molar-refractivity contribution >= 4 is 61.1 Å². The Morgan fingerprint density at radius 1 is 1.22 bits per heavy atom. The van der Waals surface area contributed by atoms with Crippen LogP contribution in [0.15, 0.2) is 28.7 Å². The minimum atomic E-state index is 0.345. The van der Waals surface area contributed by atoms with Crippen LogP contribution in [0.25, 0.3) is 0 Å². The van der Waals surface area contributed by atoms with E-state index in [1.807, 2.05) is 6.07 Å². The monoisotopic (exact) mass is 598 g/mol. The number of ether oxygens (including phenoxy) is 1. The smallest absolute Gasteiger partial charge is 0.145 e. The molecule has 0 bridgehead atoms. The predicted octanol–water partition coefficient (Wildman–Crippen LogP) is 6.04. The van der Waals surface area contributed by atoms with Crippen molar-refractivity contribution in [2.24, 2.45) is 0 Å². The number of rotatable bonds is 3. The van der Waals surface area contributed by atoms with Gasteiger partial charge in [-0.3, -0.25) is 0 Å². The highest BCUT2D eigenvalue weighted by Crippen LogP contribution is 2.40. The number of aryl methyl sites for hydroxylation is 1. The molecule has 0 saturated carbocycles. The molecule has 1 unspecified atom stereocenters. The van der Waals surface area contributed by atoms with Crippen LogP contribution in [0, 0.1) is 7.14 Å². The topological polar surface area (TPSA) is 29.5 Å². The summed E-state index contributed by atoms with van der Waals surface area (Å²) in [5.41, 5.74) is 4.02. The molecule has 23 heavy (non-hydrogen) atoms. The lowest BCUT2D eigenvalue weighted by molar-refractivity contribution is 0.408. The van der Waals surface area contributed by atoms with E-state index in [-0.39, 0.29) is 0 Å². The van der Waals surface area contributed by atoms with Crippen LogP contribution in [0.5, 0.6) is 11.5 Å². The van der Waals surface area contributed by atoms with Crippen molar-refractivity contribution < 1.29 is 9.84 Å². The quantitative estimate of drug-likeness (QED) is 0.437. The van der Waals surface area contributed by atoms with E-state index in [2.05, 4.69) is 79.3 Å². The summed E-state index contributed by atoms with van der Waals surface area (Å²) in [5, 5.41) is 9.92. The first-order chi connectivity index (χ1) is 11.0. The van der Waals surface area contributed by atoms with Gasteiger partial charge >= 0.3 is 0 Å². The van der Waals surface area contributed by atoms with Crippen LogP contribution in [-0.2, 0) is 12.8 Å². The number of halogens is 3. The maximum Gasteiger partial charge on any atom is 0.145 e. The van der Waals surface area contributed by atoms with Gasteiger partial charge in [0.25, 0.3) is 0 Å². The van der Waals surface area contributed by atoms with E-state index in [1.165, 1.54) is 29.5 Å². The Bertz CT molecular complexity index is 723. The summed E-state index contributed by atoms with van der Waals surface area (Å²) in [4.78, 5) is 0. The van der Waals surface area contributed by atoms with E-state index in [0.29, 0.717) is 11.7 Å². The molecule has 0 aliphatic heterocycles. The van der Waals surface area contributed by atoms with Crippen molar-refractivity contribution in [3.8, 4) is 11.5 Å². The van der Waals surface area contributed by atoms with Crippen LogP contribution in [0.3, 0.4) is 0 Å². The van der Waals surface area contributed by atoms with Crippen LogP contribution in [0.2, 0.25) is 0 Å². The molecule has 3 rings (SSSR count). The Balaban J connectivity index is 1.92. The van der Waals surface area contributed by atoms with Gasteiger partial charge in [0.2, 0.25) is 0 Å². The van der Waals surface area contributed by atoms with Crippen molar-refractivity contribution in [1.82, 2.24) is 0 Å². The lowest BCUT2D eigenvalue weighted by Crippen LogP contribution is -2.12. The van der Waals surface area contributed by atoms with Crippen molar-refractivity contribution in [2.75, 3.05) is 7.11 Å². The van der Waals surface area contributed by atoms with Gasteiger partial charge in [0.05, 0.1) is 18.7 Å². The fourth-order valence-corrected chi connectivity index (χ4v) is 6.03. The van der Waals surface area contributed by atoms with Gasteiger partial charge < -0.3 is 9.84 Å². The lowest BCUT2D eigenvalue weighted by atomic mass is 9.79. The molecule has 2 aromatic carbocycles. The Kier molecular flexibility index (Phi) is 5.78. The summed E-state index contributed by atoms with van der Waals surface area (Å²) < 4.78 is 8.57. The highest BCUT2D eigenvalue weighted by molar-refractivity contribution is 14.1. The van der Waals surface area contributed by atoms with E-state index in [9.17, 15) is 5.11 Å². The number of methoxy groups -OCH3 is 1. The molecular weight excluding hydrogens is 582 g/mol. The molecule has 0 heterocycles. The van der Waals surface area contributed by atoms with Gasteiger partial charge in [-0.25, -0.2) is 0 Å². The van der Waals surface area contributed by atoms with Crippen molar-refractivity contribution in [1.29, 1.82) is 0 Å². The first-order valence-corrected chi connectivity index (χ1v) is 10.5. The third kappa shape index (κ3) is 3.81. The maximum atomic E-state index is 9.92. The second-order valence-electron chi connectivity index (χ2n) is 5.89. The van der Waals surface area contributed by atoms with E-state index in [1.54, 1.807) is 7.11 Å². The van der Waals surface area contributed by atoms with Crippen LogP contribution >= 0.6 is 61.1 Å². The van der Waals surface area contributed by atoms with Gasteiger partial charge in [0, 0.05) is 0 Å². The van der Waals surface area contributed by atoms with Crippen molar-refractivity contribution in [3.63, 3.8) is 0 Å². The molecule has 1 aliphatic rings. The zero-order valence-electron chi connectivity index (χ0n) is 12.7. The minimum absolute atomic E-state index is 0.345. The number of benzene rings is 2. The fraction of sp³-hybridized carbons (Fsp3) is 0.333. The summed E-state index contributed by atoms with van der Waals surface area (Å²) in [6, 6.07) is 8.48. The molecule has 1 atom stereocenters. The van der Waals surface area contributed by atoms with Gasteiger partial charge in [-0.1, -0.05) is 0 Å². The molecule has 1 N–H and O–H groups in total. The summed E-state index contributed by atoms with van der Waals surface area (Å²) in [5.74, 6) is 1.82. The molecule has 0 radical (unpaired) electrons. The highest BCUT2D eigenvalue weighted by Gasteiger charge is 2.23. The fourth-order valence-electron chi connectivity index (χ4n) is 3.33. The average molecular weight is 599 g/mol. The molecule has 5 heteroatoms. The summed E-state index contributed by atoms with van der Waals surface area (Å²) in [6.07, 6.45) is 4.47. The van der Waals surface area contributed by atoms with Crippen LogP contribution in [-0.4, -0.2) is 12.2 Å². The second kappa shape index (κ2) is 7.47. The first-order valence-electron chi connectivity index (χ1n) is 7.52. The number of hydrogen-bond acceptors (Lipinski definition) is 2. The number of phenolic OH excluding ortho intramolecular Hbond substituents is 1. The van der Waals surface area contributed by atoms with Crippen molar-refractivity contribution in [2.45, 2.75) is 31.6 Å². The second-order valence-corrected chi connectivity index (χ2v) is 9.07. The Hall–Kier alpha value is -0.0200. The molecule has 0 amide bonds. The summed E-state index contributed by atoms with van der Waals surface area (Å²) >= 11 is 8.15. The Morgan fingerprint density at radius 3 is 2.57 bits per heavy atom. The zero-order chi connectivity index (χ0) is 16.6. The Morgan fingerprint density at radius 2 is 1.91 bits per heavy atom. The van der Waals surface area contributed by atoms with Gasteiger partial charge in [-0.15, -0.1) is 0 Å². The third-order valence-electron chi connectivity index (χ3n) is 4.39. The first kappa shape index (κ1) is 17.8. The lowest BCUT2D eigenvalue weighted by Gasteiger charge is -2.26. The number of hydrogen-bond donors (Lipinski definition) is 1. The van der Waals surface area contributed by atoms with Crippen molar-refractivity contribution in [3.05, 3.63) is 52.6 Å². The molecule has 0 saturated heterocycles. The highest BCUT2D eigenvalue weighted by atomic mass is 127. The minimum Gasteiger partial charge on any atom is -0.507 e. The number of aromatic hydroxyl groups is 1. The largest absolute Gasteiger partial charge is 0.507 e. The number of phenols is 1.